The van der Waals surface area contributed by atoms with Gasteiger partial charge in [0, 0.05) is 12.5 Å². The van der Waals surface area contributed by atoms with Crippen molar-refractivity contribution < 1.29 is 4.42 Å². The molecule has 0 bridgehead atoms. The van der Waals surface area contributed by atoms with E-state index in [4.69, 9.17) is 4.42 Å². The smallest absolute Gasteiger partial charge is 0.232 e. The minimum absolute atomic E-state index is 0.267. The van der Waals surface area contributed by atoms with Crippen LogP contribution >= 0.6 is 0 Å². The molecule has 2 aromatic carbocycles. The van der Waals surface area contributed by atoms with Crippen molar-refractivity contribution in [2.45, 2.75) is 38.0 Å². The molecule has 1 aliphatic rings. The fourth-order valence-corrected chi connectivity index (χ4v) is 3.72. The third-order valence-electron chi connectivity index (χ3n) is 5.37. The molecule has 0 amide bonds. The van der Waals surface area contributed by atoms with E-state index in [0.717, 1.165) is 6.42 Å². The zero-order valence-corrected chi connectivity index (χ0v) is 15.6. The summed E-state index contributed by atoms with van der Waals surface area (Å²) in [6, 6.07) is 21.0. The van der Waals surface area contributed by atoms with Gasteiger partial charge in [0.25, 0.3) is 0 Å². The highest BCUT2D eigenvalue weighted by Gasteiger charge is 2.43. The van der Waals surface area contributed by atoms with Gasteiger partial charge in [0.2, 0.25) is 17.5 Å². The van der Waals surface area contributed by atoms with E-state index in [1.807, 2.05) is 12.1 Å². The Hall–Kier alpha value is -3.06. The Morgan fingerprint density at radius 1 is 1.15 bits per heavy atom. The summed E-state index contributed by atoms with van der Waals surface area (Å²) in [4.78, 5) is 4.44. The molecule has 0 saturated heterocycles. The van der Waals surface area contributed by atoms with Crippen molar-refractivity contribution in [2.24, 2.45) is 0 Å². The minimum Gasteiger partial charge on any atom is -0.424 e. The predicted molar refractivity (Wildman–Crippen MR) is 106 cm³/mol. The van der Waals surface area contributed by atoms with Gasteiger partial charge in [0.1, 0.15) is 6.07 Å². The molecule has 0 aliphatic heterocycles. The molecule has 0 radical (unpaired) electrons. The maximum Gasteiger partial charge on any atom is 0.232 e. The molecule has 1 heterocycles. The van der Waals surface area contributed by atoms with E-state index in [9.17, 15) is 5.26 Å². The van der Waals surface area contributed by atoms with E-state index >= 15 is 0 Å². The summed E-state index contributed by atoms with van der Waals surface area (Å²) in [5, 5.41) is 12.7. The van der Waals surface area contributed by atoms with Crippen LogP contribution in [0.3, 0.4) is 0 Å². The Kier molecular flexibility index (Phi) is 4.68. The fraction of sp³-hybridized carbons (Fsp3) is 0.304. The Labute approximate surface area is 159 Å². The first-order valence-electron chi connectivity index (χ1n) is 9.42. The highest BCUT2D eigenvalue weighted by Crippen LogP contribution is 2.54. The lowest BCUT2D eigenvalue weighted by molar-refractivity contribution is 0.503. The van der Waals surface area contributed by atoms with Gasteiger partial charge < -0.3 is 9.73 Å². The lowest BCUT2D eigenvalue weighted by atomic mass is 9.96. The van der Waals surface area contributed by atoms with Crippen LogP contribution in [0.5, 0.6) is 0 Å². The molecule has 0 spiro atoms. The summed E-state index contributed by atoms with van der Waals surface area (Å²) in [5.41, 5.74) is 4.23. The Balaban J connectivity index is 1.45. The topological polar surface area (TPSA) is 61.9 Å². The normalized spacial score (nSPS) is 19.3. The Bertz CT molecular complexity index is 971. The van der Waals surface area contributed by atoms with Gasteiger partial charge in [-0.05, 0) is 41.9 Å². The molecule has 4 nitrogen and oxygen atoms in total. The highest BCUT2D eigenvalue weighted by atomic mass is 16.4. The zero-order valence-electron chi connectivity index (χ0n) is 15.6. The molecule has 136 valence electrons. The Morgan fingerprint density at radius 2 is 1.89 bits per heavy atom. The SMILES string of the molecule is Cc1ccccc1[C@H](C)CNc1oc([C@H]2C[C@H]2c2ccccc2)nc1C#N. The van der Waals surface area contributed by atoms with Crippen molar-refractivity contribution in [3.05, 3.63) is 82.9 Å². The second-order valence-electron chi connectivity index (χ2n) is 7.34. The molecule has 1 N–H and O–H groups in total. The number of nitrogens with zero attached hydrogens (tertiary/aromatic N) is 2. The lowest BCUT2D eigenvalue weighted by Gasteiger charge is -2.15. The number of aromatic nitrogens is 1. The van der Waals surface area contributed by atoms with Gasteiger partial charge in [-0.25, -0.2) is 4.98 Å². The van der Waals surface area contributed by atoms with E-state index in [-0.39, 0.29) is 5.92 Å². The average molecular weight is 357 g/mol. The van der Waals surface area contributed by atoms with Crippen LogP contribution in [0.25, 0.3) is 0 Å². The summed E-state index contributed by atoms with van der Waals surface area (Å²) in [5.74, 6) is 2.18. The van der Waals surface area contributed by atoms with Crippen LogP contribution in [-0.4, -0.2) is 11.5 Å². The van der Waals surface area contributed by atoms with Crippen molar-refractivity contribution in [1.82, 2.24) is 4.98 Å². The van der Waals surface area contributed by atoms with E-state index in [0.29, 0.717) is 35.8 Å². The van der Waals surface area contributed by atoms with Crippen molar-refractivity contribution >= 4 is 5.88 Å². The molecule has 3 atom stereocenters. The molecule has 3 aromatic rings. The van der Waals surface area contributed by atoms with Crippen LogP contribution < -0.4 is 5.32 Å². The standard InChI is InChI=1S/C23H23N3O/c1-15-8-6-7-11-18(15)16(2)14-25-23-21(13-24)26-22(27-23)20-12-19(20)17-9-4-3-5-10-17/h3-11,16,19-20,25H,12,14H2,1-2H3/t16-,19+,20+/m1/s1. The second-order valence-corrected chi connectivity index (χ2v) is 7.34. The molecule has 4 rings (SSSR count). The molecule has 1 aliphatic carbocycles. The van der Waals surface area contributed by atoms with Crippen molar-refractivity contribution in [2.75, 3.05) is 11.9 Å². The average Bonchev–Trinajstić information content (AvgIpc) is 3.40. The van der Waals surface area contributed by atoms with E-state index in [1.165, 1.54) is 16.7 Å². The Morgan fingerprint density at radius 3 is 2.63 bits per heavy atom. The van der Waals surface area contributed by atoms with Gasteiger partial charge in [-0.1, -0.05) is 61.5 Å². The lowest BCUT2D eigenvalue weighted by Crippen LogP contribution is -2.11. The first-order valence-corrected chi connectivity index (χ1v) is 9.42. The van der Waals surface area contributed by atoms with E-state index in [2.05, 4.69) is 72.7 Å². The van der Waals surface area contributed by atoms with E-state index in [1.54, 1.807) is 0 Å². The predicted octanol–water partition coefficient (Wildman–Crippen LogP) is 5.34. The van der Waals surface area contributed by atoms with Gasteiger partial charge in [0.15, 0.2) is 0 Å². The molecule has 1 fully saturated rings. The largest absolute Gasteiger partial charge is 0.424 e. The number of oxazole rings is 1. The first-order chi connectivity index (χ1) is 13.2. The van der Waals surface area contributed by atoms with Crippen molar-refractivity contribution in [3.8, 4) is 6.07 Å². The number of anilines is 1. The molecule has 4 heteroatoms. The van der Waals surface area contributed by atoms with Crippen LogP contribution in [0.4, 0.5) is 5.88 Å². The monoisotopic (exact) mass is 357 g/mol. The summed E-state index contributed by atoms with van der Waals surface area (Å²) < 4.78 is 5.95. The van der Waals surface area contributed by atoms with Crippen LogP contribution in [0.1, 0.15) is 59.4 Å². The first kappa shape index (κ1) is 17.4. The number of nitriles is 1. The number of hydrogen-bond donors (Lipinski definition) is 1. The zero-order chi connectivity index (χ0) is 18.8. The fourth-order valence-electron chi connectivity index (χ4n) is 3.72. The summed E-state index contributed by atoms with van der Waals surface area (Å²) in [6.45, 7) is 4.99. The molecular formula is C23H23N3O. The third-order valence-corrected chi connectivity index (χ3v) is 5.37. The third kappa shape index (κ3) is 3.59. The molecule has 1 saturated carbocycles. The summed E-state index contributed by atoms with van der Waals surface area (Å²) in [6.07, 6.45) is 1.02. The maximum absolute atomic E-state index is 9.43. The van der Waals surface area contributed by atoms with Gasteiger partial charge in [-0.3, -0.25) is 0 Å². The van der Waals surface area contributed by atoms with Crippen LogP contribution in [0.2, 0.25) is 0 Å². The molecular weight excluding hydrogens is 334 g/mol. The number of nitrogens with one attached hydrogen (secondary N) is 1. The van der Waals surface area contributed by atoms with Crippen molar-refractivity contribution in [1.29, 1.82) is 5.26 Å². The summed E-state index contributed by atoms with van der Waals surface area (Å²) in [7, 11) is 0. The van der Waals surface area contributed by atoms with Crippen LogP contribution in [-0.2, 0) is 0 Å². The quantitative estimate of drug-likeness (QED) is 0.647. The minimum atomic E-state index is 0.267. The number of hydrogen-bond acceptors (Lipinski definition) is 4. The second kappa shape index (κ2) is 7.28. The van der Waals surface area contributed by atoms with Crippen LogP contribution in [0, 0.1) is 18.3 Å². The summed E-state index contributed by atoms with van der Waals surface area (Å²) >= 11 is 0. The van der Waals surface area contributed by atoms with Crippen LogP contribution in [0.15, 0.2) is 59.0 Å². The van der Waals surface area contributed by atoms with Crippen molar-refractivity contribution in [3.63, 3.8) is 0 Å². The molecule has 0 unspecified atom stereocenters. The number of aryl methyl sites for hydroxylation is 1. The van der Waals surface area contributed by atoms with Gasteiger partial charge in [-0.15, -0.1) is 0 Å². The molecule has 1 aromatic heterocycles. The highest BCUT2D eigenvalue weighted by molar-refractivity contribution is 5.47. The number of rotatable bonds is 6. The van der Waals surface area contributed by atoms with E-state index < -0.39 is 0 Å². The number of benzene rings is 2. The maximum atomic E-state index is 9.43. The van der Waals surface area contributed by atoms with Gasteiger partial charge in [-0.2, -0.15) is 5.26 Å². The van der Waals surface area contributed by atoms with Gasteiger partial charge in [0.05, 0.1) is 0 Å². The van der Waals surface area contributed by atoms with Gasteiger partial charge >= 0.3 is 0 Å². The molecule has 27 heavy (non-hydrogen) atoms.